The fourth-order valence-corrected chi connectivity index (χ4v) is 3.46. The van der Waals surface area contributed by atoms with Crippen LogP contribution in [0.5, 0.6) is 5.75 Å². The van der Waals surface area contributed by atoms with E-state index in [1.165, 1.54) is 6.20 Å². The Bertz CT molecular complexity index is 837. The maximum absolute atomic E-state index is 12.5. The molecule has 1 aromatic heterocycles. The smallest absolute Gasteiger partial charge is 0.271 e. The molecule has 2 aliphatic rings. The summed E-state index contributed by atoms with van der Waals surface area (Å²) < 4.78 is 5.54. The average Bonchev–Trinajstić information content (AvgIpc) is 3.05. The van der Waals surface area contributed by atoms with Crippen molar-refractivity contribution < 1.29 is 14.6 Å². The largest absolute Gasteiger partial charge is 0.493 e. The van der Waals surface area contributed by atoms with E-state index in [4.69, 9.17) is 4.74 Å². The number of rotatable bonds is 4. The lowest BCUT2D eigenvalue weighted by molar-refractivity contribution is 0.0234. The first-order valence-electron chi connectivity index (χ1n) is 8.39. The molecule has 0 spiro atoms. The number of nitrogens with one attached hydrogen (secondary N) is 2. The predicted octanol–water partition coefficient (Wildman–Crippen LogP) is 0.947. The van der Waals surface area contributed by atoms with Crippen LogP contribution in [0.15, 0.2) is 35.4 Å². The molecule has 0 saturated heterocycles. The SMILES string of the molecule is O=C(NC(c1ccc2c(c1)CCO2)C1CC(O)C1)c1c[nH]c(=O)cn1. The third-order valence-corrected chi connectivity index (χ3v) is 4.88. The highest BCUT2D eigenvalue weighted by Crippen LogP contribution is 2.39. The Morgan fingerprint density at radius 3 is 2.96 bits per heavy atom. The summed E-state index contributed by atoms with van der Waals surface area (Å²) in [5.41, 5.74) is 1.94. The minimum Gasteiger partial charge on any atom is -0.493 e. The Balaban J connectivity index is 1.59. The first-order chi connectivity index (χ1) is 12.1. The molecule has 0 bridgehead atoms. The zero-order valence-corrected chi connectivity index (χ0v) is 13.6. The van der Waals surface area contributed by atoms with E-state index in [2.05, 4.69) is 21.4 Å². The van der Waals surface area contributed by atoms with Crippen molar-refractivity contribution in [2.45, 2.75) is 31.4 Å². The molecule has 1 unspecified atom stereocenters. The lowest BCUT2D eigenvalue weighted by atomic mass is 9.75. The molecule has 1 aromatic carbocycles. The summed E-state index contributed by atoms with van der Waals surface area (Å²) in [6.07, 6.45) is 4.24. The van der Waals surface area contributed by atoms with Gasteiger partial charge in [0.1, 0.15) is 11.4 Å². The van der Waals surface area contributed by atoms with Crippen LogP contribution in [0.1, 0.15) is 40.5 Å². The molecule has 130 valence electrons. The van der Waals surface area contributed by atoms with Crippen molar-refractivity contribution in [3.63, 3.8) is 0 Å². The molecule has 2 aromatic rings. The minimum atomic E-state index is -0.353. The summed E-state index contributed by atoms with van der Waals surface area (Å²) in [4.78, 5) is 30.0. The second-order valence-corrected chi connectivity index (χ2v) is 6.60. The number of aromatic amines is 1. The molecule has 1 aliphatic heterocycles. The normalized spacial score (nSPS) is 22.4. The van der Waals surface area contributed by atoms with Gasteiger partial charge in [0.15, 0.2) is 0 Å². The van der Waals surface area contributed by atoms with Crippen molar-refractivity contribution in [1.29, 1.82) is 0 Å². The predicted molar refractivity (Wildman–Crippen MR) is 89.4 cm³/mol. The Morgan fingerprint density at radius 1 is 1.40 bits per heavy atom. The maximum Gasteiger partial charge on any atom is 0.271 e. The summed E-state index contributed by atoms with van der Waals surface area (Å²) in [5, 5.41) is 12.7. The van der Waals surface area contributed by atoms with Gasteiger partial charge >= 0.3 is 0 Å². The summed E-state index contributed by atoms with van der Waals surface area (Å²) in [6.45, 7) is 0.680. The van der Waals surface area contributed by atoms with Gasteiger partial charge in [0.05, 0.1) is 24.9 Å². The first kappa shape index (κ1) is 15.8. The summed E-state index contributed by atoms with van der Waals surface area (Å²) in [6, 6.07) is 5.75. The van der Waals surface area contributed by atoms with Gasteiger partial charge in [-0.2, -0.15) is 0 Å². The van der Waals surface area contributed by atoms with Crippen molar-refractivity contribution >= 4 is 5.91 Å². The van der Waals surface area contributed by atoms with Gasteiger partial charge in [0, 0.05) is 12.6 Å². The Hall–Kier alpha value is -2.67. The molecule has 4 rings (SSSR count). The Labute approximate surface area is 144 Å². The van der Waals surface area contributed by atoms with Crippen molar-refractivity contribution in [3.8, 4) is 5.75 Å². The minimum absolute atomic E-state index is 0.161. The van der Waals surface area contributed by atoms with Crippen LogP contribution in [-0.2, 0) is 6.42 Å². The van der Waals surface area contributed by atoms with E-state index in [0.29, 0.717) is 19.4 Å². The quantitative estimate of drug-likeness (QED) is 0.768. The molecule has 1 fully saturated rings. The van der Waals surface area contributed by atoms with Gasteiger partial charge in [-0.05, 0) is 42.0 Å². The second kappa shape index (κ2) is 6.33. The highest BCUT2D eigenvalue weighted by atomic mass is 16.5. The van der Waals surface area contributed by atoms with Gasteiger partial charge in [0.25, 0.3) is 11.5 Å². The third kappa shape index (κ3) is 3.15. The topological polar surface area (TPSA) is 104 Å². The molecule has 1 saturated carbocycles. The number of fused-ring (bicyclic) bond motifs is 1. The van der Waals surface area contributed by atoms with Gasteiger partial charge in [0.2, 0.25) is 0 Å². The van der Waals surface area contributed by atoms with Crippen molar-refractivity contribution in [2.24, 2.45) is 5.92 Å². The fourth-order valence-electron chi connectivity index (χ4n) is 3.46. The molecule has 25 heavy (non-hydrogen) atoms. The van der Waals surface area contributed by atoms with Crippen LogP contribution in [0, 0.1) is 5.92 Å². The molecule has 0 radical (unpaired) electrons. The highest BCUT2D eigenvalue weighted by Gasteiger charge is 2.36. The molecule has 1 aliphatic carbocycles. The summed E-state index contributed by atoms with van der Waals surface area (Å²) in [7, 11) is 0. The molecule has 7 nitrogen and oxygen atoms in total. The van der Waals surface area contributed by atoms with Crippen molar-refractivity contribution in [3.05, 3.63) is 57.8 Å². The number of hydrogen-bond donors (Lipinski definition) is 3. The molecule has 1 atom stereocenters. The van der Waals surface area contributed by atoms with Crippen molar-refractivity contribution in [2.75, 3.05) is 6.61 Å². The number of aromatic nitrogens is 2. The molecule has 7 heteroatoms. The van der Waals surface area contributed by atoms with Gasteiger partial charge in [-0.3, -0.25) is 9.59 Å². The number of carbonyl (C=O) groups is 1. The fraction of sp³-hybridized carbons (Fsp3) is 0.389. The van der Waals surface area contributed by atoms with E-state index in [0.717, 1.165) is 29.5 Å². The first-order valence-corrected chi connectivity index (χ1v) is 8.39. The molecule has 3 N–H and O–H groups in total. The zero-order valence-electron chi connectivity index (χ0n) is 13.6. The number of aliphatic hydroxyl groups is 1. The standard InChI is InChI=1S/C18H19N3O4/c22-13-6-12(7-13)17(11-1-2-15-10(5-11)3-4-25-15)21-18(24)14-8-20-16(23)9-19-14/h1-2,5,8-9,12-13,17,22H,3-4,6-7H2,(H,20,23)(H,21,24). The highest BCUT2D eigenvalue weighted by molar-refractivity contribution is 5.92. The monoisotopic (exact) mass is 341 g/mol. The van der Waals surface area contributed by atoms with Crippen LogP contribution >= 0.6 is 0 Å². The van der Waals surface area contributed by atoms with E-state index in [1.807, 2.05) is 12.1 Å². The number of carbonyl (C=O) groups excluding carboxylic acids is 1. The maximum atomic E-state index is 12.5. The summed E-state index contributed by atoms with van der Waals surface area (Å²) >= 11 is 0. The number of hydrogen-bond acceptors (Lipinski definition) is 5. The van der Waals surface area contributed by atoms with E-state index >= 15 is 0 Å². The van der Waals surface area contributed by atoms with Gasteiger partial charge in [-0.25, -0.2) is 4.98 Å². The number of benzene rings is 1. The lowest BCUT2D eigenvalue weighted by Crippen LogP contribution is -2.41. The van der Waals surface area contributed by atoms with Crippen molar-refractivity contribution in [1.82, 2.24) is 15.3 Å². The zero-order chi connectivity index (χ0) is 17.4. The number of ether oxygens (including phenoxy) is 1. The molecule has 1 amide bonds. The Kier molecular flexibility index (Phi) is 4.01. The second-order valence-electron chi connectivity index (χ2n) is 6.60. The van der Waals surface area contributed by atoms with Gasteiger partial charge in [-0.15, -0.1) is 0 Å². The van der Waals surface area contributed by atoms with Gasteiger partial charge < -0.3 is 20.1 Å². The number of aliphatic hydroxyl groups excluding tert-OH is 1. The van der Waals surface area contributed by atoms with Crippen LogP contribution in [0.4, 0.5) is 0 Å². The molecular formula is C18H19N3O4. The number of amides is 1. The number of H-pyrrole nitrogens is 1. The van der Waals surface area contributed by atoms with Gasteiger partial charge in [-0.1, -0.05) is 6.07 Å². The van der Waals surface area contributed by atoms with Crippen LogP contribution in [0.25, 0.3) is 0 Å². The third-order valence-electron chi connectivity index (χ3n) is 4.88. The van der Waals surface area contributed by atoms with Crippen LogP contribution in [0.3, 0.4) is 0 Å². The van der Waals surface area contributed by atoms with E-state index in [1.54, 1.807) is 0 Å². The lowest BCUT2D eigenvalue weighted by Gasteiger charge is -2.38. The van der Waals surface area contributed by atoms with Crippen LogP contribution < -0.4 is 15.6 Å². The van der Waals surface area contributed by atoms with Crippen LogP contribution in [0.2, 0.25) is 0 Å². The van der Waals surface area contributed by atoms with Crippen LogP contribution in [-0.4, -0.2) is 33.7 Å². The number of nitrogens with zero attached hydrogens (tertiary/aromatic N) is 1. The van der Waals surface area contributed by atoms with E-state index in [-0.39, 0.29) is 35.2 Å². The average molecular weight is 341 g/mol. The van der Waals surface area contributed by atoms with E-state index < -0.39 is 0 Å². The Morgan fingerprint density at radius 2 is 2.24 bits per heavy atom. The molecular weight excluding hydrogens is 322 g/mol. The molecule has 2 heterocycles. The van der Waals surface area contributed by atoms with E-state index in [9.17, 15) is 14.7 Å². The summed E-state index contributed by atoms with van der Waals surface area (Å²) in [5.74, 6) is 0.714.